The molecule has 1 saturated heterocycles. The molecule has 0 spiro atoms. The maximum atomic E-state index is 12.7. The van der Waals surface area contributed by atoms with Gasteiger partial charge in [-0.05, 0) is 43.9 Å². The zero-order valence-corrected chi connectivity index (χ0v) is 14.6. The molecule has 1 aromatic rings. The topological polar surface area (TPSA) is 113 Å². The molecule has 2 aliphatic rings. The summed E-state index contributed by atoms with van der Waals surface area (Å²) in [5.74, 6) is -1.40. The molecule has 0 unspecified atom stereocenters. The van der Waals surface area contributed by atoms with E-state index in [9.17, 15) is 23.1 Å². The monoisotopic (exact) mass is 368 g/mol. The molecule has 2 N–H and O–H groups in total. The van der Waals surface area contributed by atoms with Crippen LogP contribution in [-0.4, -0.2) is 56.0 Å². The van der Waals surface area contributed by atoms with Gasteiger partial charge in [0.1, 0.15) is 16.7 Å². The zero-order chi connectivity index (χ0) is 18.2. The lowest BCUT2D eigenvalue weighted by Gasteiger charge is -2.22. The van der Waals surface area contributed by atoms with E-state index < -0.39 is 27.9 Å². The molecule has 1 aliphatic carbocycles. The van der Waals surface area contributed by atoms with Crippen LogP contribution in [0.3, 0.4) is 0 Å². The Labute approximate surface area is 145 Å². The molecule has 1 aliphatic heterocycles. The molecule has 0 radical (unpaired) electrons. The van der Waals surface area contributed by atoms with Crippen molar-refractivity contribution in [1.29, 1.82) is 0 Å². The standard InChI is InChI=1S/C16H20N2O6S/c1-24-13-7-4-10(9-14(13)25(22,23)17-11-5-6-11)15(19)18-8-2-3-12(18)16(20)21/h4,7,9,11-12,17H,2-3,5-6,8H2,1H3,(H,20,21)/t12-/m0/s1. The summed E-state index contributed by atoms with van der Waals surface area (Å²) < 4.78 is 32.7. The summed E-state index contributed by atoms with van der Waals surface area (Å²) in [5, 5.41) is 9.23. The van der Waals surface area contributed by atoms with E-state index >= 15 is 0 Å². The quantitative estimate of drug-likeness (QED) is 0.769. The normalized spacial score (nSPS) is 20.5. The number of aliphatic carboxylic acids is 1. The Balaban J connectivity index is 1.93. The van der Waals surface area contributed by atoms with Crippen molar-refractivity contribution in [2.24, 2.45) is 0 Å². The average molecular weight is 368 g/mol. The van der Waals surface area contributed by atoms with Gasteiger partial charge in [-0.15, -0.1) is 0 Å². The highest BCUT2D eigenvalue weighted by molar-refractivity contribution is 7.89. The first-order valence-corrected chi connectivity index (χ1v) is 9.56. The first-order valence-electron chi connectivity index (χ1n) is 8.07. The molecule has 1 saturated carbocycles. The minimum Gasteiger partial charge on any atom is -0.495 e. The maximum Gasteiger partial charge on any atom is 0.326 e. The largest absolute Gasteiger partial charge is 0.495 e. The molecule has 1 amide bonds. The lowest BCUT2D eigenvalue weighted by atomic mass is 10.1. The summed E-state index contributed by atoms with van der Waals surface area (Å²) in [6.07, 6.45) is 2.57. The Morgan fingerprint density at radius 3 is 2.60 bits per heavy atom. The number of carbonyl (C=O) groups excluding carboxylic acids is 1. The van der Waals surface area contributed by atoms with E-state index in [-0.39, 0.29) is 22.3 Å². The van der Waals surface area contributed by atoms with Crippen LogP contribution in [-0.2, 0) is 14.8 Å². The molecule has 0 bridgehead atoms. The molecule has 1 aromatic carbocycles. The van der Waals surface area contributed by atoms with Crippen LogP contribution in [0.25, 0.3) is 0 Å². The molecule has 2 fully saturated rings. The number of sulfonamides is 1. The Bertz CT molecular complexity index is 803. The number of methoxy groups -OCH3 is 1. The number of carbonyl (C=O) groups is 2. The van der Waals surface area contributed by atoms with Crippen LogP contribution in [0.2, 0.25) is 0 Å². The summed E-state index contributed by atoms with van der Waals surface area (Å²) >= 11 is 0. The van der Waals surface area contributed by atoms with Gasteiger partial charge in [-0.25, -0.2) is 17.9 Å². The summed E-state index contributed by atoms with van der Waals surface area (Å²) in [7, 11) is -2.46. The van der Waals surface area contributed by atoms with Crippen LogP contribution in [0.1, 0.15) is 36.0 Å². The van der Waals surface area contributed by atoms with Crippen LogP contribution in [0.4, 0.5) is 0 Å². The van der Waals surface area contributed by atoms with Crippen LogP contribution >= 0.6 is 0 Å². The minimum atomic E-state index is -3.81. The first-order chi connectivity index (χ1) is 11.8. The number of nitrogens with zero attached hydrogens (tertiary/aromatic N) is 1. The molecule has 8 nitrogen and oxygen atoms in total. The number of carboxylic acids is 1. The van der Waals surface area contributed by atoms with Crippen LogP contribution in [0.15, 0.2) is 23.1 Å². The number of carboxylic acid groups (broad SMARTS) is 1. The van der Waals surface area contributed by atoms with Crippen molar-refractivity contribution in [1.82, 2.24) is 9.62 Å². The molecule has 0 aromatic heterocycles. The summed E-state index contributed by atoms with van der Waals surface area (Å²) in [6, 6.07) is 3.17. The number of hydrogen-bond acceptors (Lipinski definition) is 5. The third-order valence-corrected chi connectivity index (χ3v) is 5.94. The fourth-order valence-electron chi connectivity index (χ4n) is 2.94. The van der Waals surface area contributed by atoms with Crippen molar-refractivity contribution in [2.45, 2.75) is 42.7 Å². The van der Waals surface area contributed by atoms with E-state index in [1.165, 1.54) is 30.2 Å². The van der Waals surface area contributed by atoms with Crippen molar-refractivity contribution in [3.8, 4) is 5.75 Å². The molecule has 3 rings (SSSR count). The highest BCUT2D eigenvalue weighted by atomic mass is 32.2. The minimum absolute atomic E-state index is 0.0796. The van der Waals surface area contributed by atoms with Crippen molar-refractivity contribution in [3.05, 3.63) is 23.8 Å². The second kappa shape index (κ2) is 6.64. The molecular weight excluding hydrogens is 348 g/mol. The number of benzene rings is 1. The van der Waals surface area contributed by atoms with E-state index in [1.54, 1.807) is 0 Å². The average Bonchev–Trinajstić information content (AvgIpc) is 3.23. The molecule has 1 heterocycles. The summed E-state index contributed by atoms with van der Waals surface area (Å²) in [4.78, 5) is 25.1. The first kappa shape index (κ1) is 17.7. The Morgan fingerprint density at radius 2 is 2.00 bits per heavy atom. The highest BCUT2D eigenvalue weighted by Crippen LogP contribution is 2.29. The summed E-state index contributed by atoms with van der Waals surface area (Å²) in [6.45, 7) is 0.338. The lowest BCUT2D eigenvalue weighted by Crippen LogP contribution is -2.40. The van der Waals surface area contributed by atoms with Crippen molar-refractivity contribution >= 4 is 21.9 Å². The Kier molecular flexibility index (Phi) is 4.70. The number of hydrogen-bond donors (Lipinski definition) is 2. The predicted molar refractivity (Wildman–Crippen MR) is 88.0 cm³/mol. The fourth-order valence-corrected chi connectivity index (χ4v) is 4.44. The van der Waals surface area contributed by atoms with Crippen molar-refractivity contribution < 1.29 is 27.9 Å². The molecule has 25 heavy (non-hydrogen) atoms. The van der Waals surface area contributed by atoms with Crippen molar-refractivity contribution in [3.63, 3.8) is 0 Å². The van der Waals surface area contributed by atoms with E-state index in [2.05, 4.69) is 4.72 Å². The van der Waals surface area contributed by atoms with Gasteiger partial charge in [0.2, 0.25) is 10.0 Å². The van der Waals surface area contributed by atoms with Crippen LogP contribution in [0.5, 0.6) is 5.75 Å². The Morgan fingerprint density at radius 1 is 1.28 bits per heavy atom. The van der Waals surface area contributed by atoms with Gasteiger partial charge in [0, 0.05) is 18.2 Å². The maximum absolute atomic E-state index is 12.7. The second-order valence-electron chi connectivity index (χ2n) is 6.26. The third kappa shape index (κ3) is 3.62. The number of nitrogens with one attached hydrogen (secondary N) is 1. The van der Waals surface area contributed by atoms with Crippen molar-refractivity contribution in [2.75, 3.05) is 13.7 Å². The van der Waals surface area contributed by atoms with Gasteiger partial charge in [0.05, 0.1) is 7.11 Å². The Hall–Kier alpha value is -2.13. The molecule has 1 atom stereocenters. The van der Waals surface area contributed by atoms with Crippen LogP contribution < -0.4 is 9.46 Å². The number of amides is 1. The molecular formula is C16H20N2O6S. The third-order valence-electron chi connectivity index (χ3n) is 4.40. The van der Waals surface area contributed by atoms with Gasteiger partial charge in [0.15, 0.2) is 0 Å². The predicted octanol–water partition coefficient (Wildman–Crippen LogP) is 0.825. The smallest absolute Gasteiger partial charge is 0.326 e. The van der Waals surface area contributed by atoms with Gasteiger partial charge in [-0.1, -0.05) is 0 Å². The SMILES string of the molecule is COc1ccc(C(=O)N2CCC[C@H]2C(=O)O)cc1S(=O)(=O)NC1CC1. The number of rotatable bonds is 6. The molecule has 136 valence electrons. The van der Waals surface area contributed by atoms with Gasteiger partial charge in [-0.3, -0.25) is 4.79 Å². The lowest BCUT2D eigenvalue weighted by molar-refractivity contribution is -0.141. The number of likely N-dealkylation sites (tertiary alicyclic amines) is 1. The van der Waals surface area contributed by atoms with Crippen LogP contribution in [0, 0.1) is 0 Å². The van der Waals surface area contributed by atoms with E-state index in [4.69, 9.17) is 4.74 Å². The zero-order valence-electron chi connectivity index (χ0n) is 13.8. The van der Waals surface area contributed by atoms with E-state index in [1.807, 2.05) is 0 Å². The van der Waals surface area contributed by atoms with Gasteiger partial charge in [-0.2, -0.15) is 0 Å². The second-order valence-corrected chi connectivity index (χ2v) is 7.94. The highest BCUT2D eigenvalue weighted by Gasteiger charge is 2.35. The van der Waals surface area contributed by atoms with E-state index in [0.29, 0.717) is 19.4 Å². The molecule has 9 heteroatoms. The van der Waals surface area contributed by atoms with Gasteiger partial charge >= 0.3 is 5.97 Å². The van der Waals surface area contributed by atoms with Gasteiger partial charge in [0.25, 0.3) is 5.91 Å². The number of ether oxygens (including phenoxy) is 1. The fraction of sp³-hybridized carbons (Fsp3) is 0.500. The van der Waals surface area contributed by atoms with E-state index in [0.717, 1.165) is 12.8 Å². The summed E-state index contributed by atoms with van der Waals surface area (Å²) in [5.41, 5.74) is 0.130. The van der Waals surface area contributed by atoms with Gasteiger partial charge < -0.3 is 14.7 Å².